The molecule has 1 N–H and O–H groups in total. The summed E-state index contributed by atoms with van der Waals surface area (Å²) in [6.45, 7) is -4.35. The molecule has 0 amide bonds. The minimum atomic E-state index is -2.99. The molecule has 0 aliphatic carbocycles. The molecule has 1 aromatic carbocycles. The Morgan fingerprint density at radius 3 is 2.05 bits per heavy atom. The largest absolute Gasteiger partial charge is 0.481 e. The summed E-state index contributed by atoms with van der Waals surface area (Å²) in [6.07, 6.45) is -2.65. The van der Waals surface area contributed by atoms with Crippen molar-refractivity contribution < 1.29 is 42.1 Å². The van der Waals surface area contributed by atoms with E-state index in [0.29, 0.717) is 0 Å². The summed E-state index contributed by atoms with van der Waals surface area (Å²) in [5.74, 6) is -2.56. The third-order valence-electron chi connectivity index (χ3n) is 2.09. The van der Waals surface area contributed by atoms with Gasteiger partial charge in [0.2, 0.25) is 5.78 Å². The molecule has 0 saturated heterocycles. The summed E-state index contributed by atoms with van der Waals surface area (Å²) in [6, 6.07) is 4.63. The zero-order valence-electron chi connectivity index (χ0n) is 10.5. The van der Waals surface area contributed by atoms with Gasteiger partial charge in [-0.2, -0.15) is 8.78 Å². The van der Waals surface area contributed by atoms with Crippen molar-refractivity contribution >= 4 is 11.8 Å². The molecule has 1 aromatic rings. The van der Waals surface area contributed by atoms with Crippen LogP contribution in [-0.4, -0.2) is 36.6 Å². The fourth-order valence-electron chi connectivity index (χ4n) is 1.31. The maximum atomic E-state index is 12.1. The van der Waals surface area contributed by atoms with Gasteiger partial charge in [0.05, 0.1) is 0 Å². The molecule has 21 heavy (non-hydrogen) atoms. The van der Waals surface area contributed by atoms with Crippen molar-refractivity contribution in [2.24, 2.45) is 0 Å². The van der Waals surface area contributed by atoms with Crippen molar-refractivity contribution in [1.29, 1.82) is 0 Å². The van der Waals surface area contributed by atoms with Crippen molar-refractivity contribution in [2.75, 3.05) is 6.86 Å². The number of carboxylic acid groups (broad SMARTS) is 1. The number of halogens is 3. The van der Waals surface area contributed by atoms with Gasteiger partial charge in [-0.15, -0.1) is 0 Å². The molecular weight excluding hydrogens is 297 g/mol. The quantitative estimate of drug-likeness (QED) is 0.555. The van der Waals surface area contributed by atoms with Crippen molar-refractivity contribution in [3.05, 3.63) is 24.3 Å². The second-order valence-electron chi connectivity index (χ2n) is 3.61. The van der Waals surface area contributed by atoms with E-state index in [1.54, 1.807) is 0 Å². The number of hydrogen-bond acceptors (Lipinski definition) is 5. The first-order chi connectivity index (χ1) is 9.92. The molecule has 0 aromatic heterocycles. The minimum Gasteiger partial charge on any atom is -0.481 e. The predicted molar refractivity (Wildman–Crippen MR) is 61.8 cm³/mol. The van der Waals surface area contributed by atoms with Crippen molar-refractivity contribution in [3.8, 4) is 11.5 Å². The summed E-state index contributed by atoms with van der Waals surface area (Å²) < 4.78 is 49.4. The molecule has 0 aliphatic heterocycles. The number of carbonyl (C=O) groups is 2. The lowest BCUT2D eigenvalue weighted by Gasteiger charge is -2.16. The number of hydrogen-bond donors (Lipinski definition) is 1. The minimum absolute atomic E-state index is 0.00574. The molecule has 0 spiro atoms. The standard InChI is InChI=1S/C12H11F3O6/c13-6-19-11(9(16)5-10(17)18)20-7-1-3-8(4-2-7)21-12(14)15/h1-4,11-12H,5-6H2,(H,17,18). The van der Waals surface area contributed by atoms with Gasteiger partial charge in [-0.25, -0.2) is 4.39 Å². The second kappa shape index (κ2) is 8.10. The number of rotatable bonds is 9. The first-order valence-corrected chi connectivity index (χ1v) is 5.56. The van der Waals surface area contributed by atoms with E-state index >= 15 is 0 Å². The van der Waals surface area contributed by atoms with Gasteiger partial charge < -0.3 is 19.3 Å². The summed E-state index contributed by atoms with van der Waals surface area (Å²) in [4.78, 5) is 21.8. The highest BCUT2D eigenvalue weighted by molar-refractivity contribution is 5.96. The normalized spacial score (nSPS) is 12.0. The number of alkyl halides is 3. The summed E-state index contributed by atoms with van der Waals surface area (Å²) in [5, 5.41) is 8.47. The van der Waals surface area contributed by atoms with Gasteiger partial charge in [0, 0.05) is 0 Å². The first kappa shape index (κ1) is 16.8. The number of benzene rings is 1. The third-order valence-corrected chi connectivity index (χ3v) is 2.09. The average molecular weight is 308 g/mol. The highest BCUT2D eigenvalue weighted by Gasteiger charge is 2.23. The first-order valence-electron chi connectivity index (χ1n) is 5.56. The Balaban J connectivity index is 2.70. The molecule has 0 saturated carbocycles. The Bertz CT molecular complexity index is 476. The zero-order chi connectivity index (χ0) is 15.8. The van der Waals surface area contributed by atoms with Crippen LogP contribution in [0.2, 0.25) is 0 Å². The van der Waals surface area contributed by atoms with Gasteiger partial charge in [-0.1, -0.05) is 0 Å². The van der Waals surface area contributed by atoms with Gasteiger partial charge in [0.1, 0.15) is 17.9 Å². The van der Waals surface area contributed by atoms with E-state index in [9.17, 15) is 22.8 Å². The van der Waals surface area contributed by atoms with Gasteiger partial charge in [0.15, 0.2) is 6.86 Å². The van der Waals surface area contributed by atoms with Crippen LogP contribution in [0.25, 0.3) is 0 Å². The number of Topliss-reactive ketones (excluding diaryl/α,β-unsaturated/α-hetero) is 1. The fraction of sp³-hybridized carbons (Fsp3) is 0.333. The Morgan fingerprint density at radius 1 is 1.10 bits per heavy atom. The van der Waals surface area contributed by atoms with Crippen LogP contribution in [-0.2, 0) is 14.3 Å². The van der Waals surface area contributed by atoms with E-state index in [1.165, 1.54) is 12.1 Å². The highest BCUT2D eigenvalue weighted by Crippen LogP contribution is 2.20. The number of ketones is 1. The van der Waals surface area contributed by atoms with Crippen LogP contribution < -0.4 is 9.47 Å². The molecule has 116 valence electrons. The summed E-state index contributed by atoms with van der Waals surface area (Å²) in [5.41, 5.74) is 0. The van der Waals surface area contributed by atoms with Crippen LogP contribution in [0, 0.1) is 0 Å². The summed E-state index contributed by atoms with van der Waals surface area (Å²) in [7, 11) is 0. The van der Waals surface area contributed by atoms with Crippen LogP contribution in [0.4, 0.5) is 13.2 Å². The van der Waals surface area contributed by atoms with Crippen molar-refractivity contribution in [3.63, 3.8) is 0 Å². The Hall–Kier alpha value is -2.29. The molecule has 9 heteroatoms. The maximum Gasteiger partial charge on any atom is 0.387 e. The number of aliphatic carboxylic acids is 1. The predicted octanol–water partition coefficient (Wildman–Crippen LogP) is 1.98. The maximum absolute atomic E-state index is 12.1. The smallest absolute Gasteiger partial charge is 0.387 e. The molecular formula is C12H11F3O6. The fourth-order valence-corrected chi connectivity index (χ4v) is 1.31. The molecule has 0 radical (unpaired) electrons. The van der Waals surface area contributed by atoms with Crippen LogP contribution in [0.15, 0.2) is 24.3 Å². The topological polar surface area (TPSA) is 82.1 Å². The van der Waals surface area contributed by atoms with Crippen molar-refractivity contribution in [1.82, 2.24) is 0 Å². The average Bonchev–Trinajstić information content (AvgIpc) is 2.39. The number of carboxylic acids is 1. The van der Waals surface area contributed by atoms with E-state index in [1.807, 2.05) is 0 Å². The van der Waals surface area contributed by atoms with Gasteiger partial charge >= 0.3 is 12.6 Å². The molecule has 1 rings (SSSR count). The van der Waals surface area contributed by atoms with Crippen molar-refractivity contribution in [2.45, 2.75) is 19.3 Å². The van der Waals surface area contributed by atoms with E-state index < -0.39 is 37.9 Å². The van der Waals surface area contributed by atoms with E-state index in [-0.39, 0.29) is 11.5 Å². The molecule has 0 heterocycles. The van der Waals surface area contributed by atoms with Gasteiger partial charge in [-0.05, 0) is 24.3 Å². The van der Waals surface area contributed by atoms with Crippen LogP contribution >= 0.6 is 0 Å². The van der Waals surface area contributed by atoms with Gasteiger partial charge in [-0.3, -0.25) is 9.59 Å². The van der Waals surface area contributed by atoms with Crippen LogP contribution in [0.5, 0.6) is 11.5 Å². The highest BCUT2D eigenvalue weighted by atomic mass is 19.3. The third kappa shape index (κ3) is 6.13. The Morgan fingerprint density at radius 2 is 1.62 bits per heavy atom. The van der Waals surface area contributed by atoms with E-state index in [2.05, 4.69) is 9.47 Å². The second-order valence-corrected chi connectivity index (χ2v) is 3.61. The lowest BCUT2D eigenvalue weighted by molar-refractivity contribution is -0.161. The molecule has 0 aliphatic rings. The van der Waals surface area contributed by atoms with E-state index in [4.69, 9.17) is 9.84 Å². The van der Waals surface area contributed by atoms with Gasteiger partial charge in [0.25, 0.3) is 6.29 Å². The Kier molecular flexibility index (Phi) is 6.47. The summed E-state index contributed by atoms with van der Waals surface area (Å²) >= 11 is 0. The molecule has 0 fully saturated rings. The molecule has 6 nitrogen and oxygen atoms in total. The lowest BCUT2D eigenvalue weighted by atomic mass is 10.2. The van der Waals surface area contributed by atoms with E-state index in [0.717, 1.165) is 12.1 Å². The SMILES string of the molecule is O=C(O)CC(=O)C(OCF)Oc1ccc(OC(F)F)cc1. The monoisotopic (exact) mass is 308 g/mol. The van der Waals surface area contributed by atoms with Crippen LogP contribution in [0.1, 0.15) is 6.42 Å². The molecule has 1 unspecified atom stereocenters. The lowest BCUT2D eigenvalue weighted by Crippen LogP contribution is -2.31. The zero-order valence-corrected chi connectivity index (χ0v) is 10.5. The Labute approximate surface area is 117 Å². The number of carbonyl (C=O) groups excluding carboxylic acids is 1. The van der Waals surface area contributed by atoms with Crippen LogP contribution in [0.3, 0.4) is 0 Å². The number of ether oxygens (including phenoxy) is 3. The molecule has 0 bridgehead atoms. The molecule has 1 atom stereocenters.